The molecule has 0 aliphatic heterocycles. The summed E-state index contributed by atoms with van der Waals surface area (Å²) in [6.07, 6.45) is 5.05. The van der Waals surface area contributed by atoms with Crippen LogP contribution in [0.15, 0.2) is 41.3 Å². The molecule has 0 atom stereocenters. The molecule has 1 aromatic heterocycles. The van der Waals surface area contributed by atoms with Crippen LogP contribution in [0.5, 0.6) is 0 Å². The lowest BCUT2D eigenvalue weighted by molar-refractivity contribution is 0.836. The third kappa shape index (κ3) is 1.60. The highest BCUT2D eigenvalue weighted by molar-refractivity contribution is 5.68. The maximum absolute atomic E-state index is 12.0. The van der Waals surface area contributed by atoms with Gasteiger partial charge in [0.15, 0.2) is 0 Å². The van der Waals surface area contributed by atoms with Gasteiger partial charge in [-0.15, -0.1) is 0 Å². The highest BCUT2D eigenvalue weighted by Gasteiger charge is 2.19. The number of hydrogen-bond donors (Lipinski definition) is 0. The average Bonchev–Trinajstić information content (AvgIpc) is 2.84. The van der Waals surface area contributed by atoms with Crippen LogP contribution in [-0.2, 0) is 19.9 Å². The Bertz CT molecular complexity index is 611. The predicted molar refractivity (Wildman–Crippen MR) is 69.1 cm³/mol. The normalized spacial score (nSPS) is 13.7. The van der Waals surface area contributed by atoms with Crippen molar-refractivity contribution in [3.8, 4) is 11.1 Å². The molecule has 1 heterocycles. The third-order valence-corrected chi connectivity index (χ3v) is 3.53. The lowest BCUT2D eigenvalue weighted by Crippen LogP contribution is -2.21. The van der Waals surface area contributed by atoms with Gasteiger partial charge >= 0.3 is 0 Å². The zero-order valence-corrected chi connectivity index (χ0v) is 9.94. The Kier molecular flexibility index (Phi) is 2.36. The van der Waals surface area contributed by atoms with Gasteiger partial charge in [-0.3, -0.25) is 4.79 Å². The van der Waals surface area contributed by atoms with Gasteiger partial charge in [-0.2, -0.15) is 0 Å². The quantitative estimate of drug-likeness (QED) is 0.731. The van der Waals surface area contributed by atoms with E-state index in [9.17, 15) is 4.79 Å². The predicted octanol–water partition coefficient (Wildman–Crippen LogP) is 2.54. The van der Waals surface area contributed by atoms with E-state index < -0.39 is 0 Å². The van der Waals surface area contributed by atoms with Crippen LogP contribution in [0, 0.1) is 0 Å². The van der Waals surface area contributed by atoms with Crippen LogP contribution in [0.25, 0.3) is 11.1 Å². The van der Waals surface area contributed by atoms with Crippen molar-refractivity contribution < 1.29 is 0 Å². The molecule has 0 amide bonds. The molecule has 1 aliphatic carbocycles. The molecule has 1 aromatic carbocycles. The summed E-state index contributed by atoms with van der Waals surface area (Å²) >= 11 is 0. The molecule has 2 aromatic rings. The first kappa shape index (κ1) is 10.3. The molecule has 17 heavy (non-hydrogen) atoms. The molecule has 0 saturated heterocycles. The molecular formula is C15H15NO. The molecule has 0 unspecified atom stereocenters. The van der Waals surface area contributed by atoms with Crippen molar-refractivity contribution in [1.29, 1.82) is 0 Å². The summed E-state index contributed by atoms with van der Waals surface area (Å²) in [4.78, 5) is 12.0. The van der Waals surface area contributed by atoms with E-state index in [1.54, 1.807) is 4.57 Å². The summed E-state index contributed by atoms with van der Waals surface area (Å²) in [6, 6.07) is 10.3. The summed E-state index contributed by atoms with van der Waals surface area (Å²) in [5.41, 5.74) is 4.90. The topological polar surface area (TPSA) is 22.0 Å². The standard InChI is InChI=1S/C15H15NO/c1-16-10-14(11-6-3-2-4-7-11)12-8-5-9-13(12)15(16)17/h2-4,6-7,10H,5,8-9H2,1H3. The fourth-order valence-electron chi connectivity index (χ4n) is 2.69. The van der Waals surface area contributed by atoms with E-state index in [4.69, 9.17) is 0 Å². The molecule has 2 heteroatoms. The summed E-state index contributed by atoms with van der Waals surface area (Å²) in [6.45, 7) is 0. The van der Waals surface area contributed by atoms with Crippen LogP contribution >= 0.6 is 0 Å². The second-order valence-electron chi connectivity index (χ2n) is 4.64. The Balaban J connectivity index is 2.29. The summed E-state index contributed by atoms with van der Waals surface area (Å²) in [7, 11) is 1.84. The molecular weight excluding hydrogens is 210 g/mol. The Hall–Kier alpha value is -1.83. The van der Waals surface area contributed by atoms with E-state index in [1.807, 2.05) is 31.4 Å². The largest absolute Gasteiger partial charge is 0.318 e. The van der Waals surface area contributed by atoms with Gasteiger partial charge in [0.25, 0.3) is 5.56 Å². The minimum absolute atomic E-state index is 0.178. The lowest BCUT2D eigenvalue weighted by atomic mass is 9.99. The first-order chi connectivity index (χ1) is 8.27. The maximum atomic E-state index is 12.0. The van der Waals surface area contributed by atoms with Crippen molar-refractivity contribution in [2.24, 2.45) is 7.05 Å². The number of hydrogen-bond acceptors (Lipinski definition) is 1. The van der Waals surface area contributed by atoms with E-state index in [1.165, 1.54) is 16.7 Å². The molecule has 0 saturated carbocycles. The Morgan fingerprint density at radius 2 is 1.76 bits per heavy atom. The first-order valence-electron chi connectivity index (χ1n) is 6.04. The minimum atomic E-state index is 0.178. The summed E-state index contributed by atoms with van der Waals surface area (Å²) in [5, 5.41) is 0. The number of pyridine rings is 1. The van der Waals surface area contributed by atoms with E-state index in [0.29, 0.717) is 0 Å². The number of fused-ring (bicyclic) bond motifs is 1. The fourth-order valence-corrected chi connectivity index (χ4v) is 2.69. The van der Waals surface area contributed by atoms with E-state index >= 15 is 0 Å². The molecule has 0 bridgehead atoms. The van der Waals surface area contributed by atoms with Crippen molar-refractivity contribution >= 4 is 0 Å². The van der Waals surface area contributed by atoms with Gasteiger partial charge in [0.2, 0.25) is 0 Å². The van der Waals surface area contributed by atoms with E-state index in [-0.39, 0.29) is 5.56 Å². The second-order valence-corrected chi connectivity index (χ2v) is 4.64. The molecule has 0 fully saturated rings. The zero-order valence-electron chi connectivity index (χ0n) is 9.94. The zero-order chi connectivity index (χ0) is 11.8. The van der Waals surface area contributed by atoms with Gasteiger partial charge in [-0.05, 0) is 30.4 Å². The fraction of sp³-hybridized carbons (Fsp3) is 0.267. The summed E-state index contributed by atoms with van der Waals surface area (Å²) in [5.74, 6) is 0. The van der Waals surface area contributed by atoms with E-state index in [0.717, 1.165) is 24.8 Å². The molecule has 2 nitrogen and oxygen atoms in total. The van der Waals surface area contributed by atoms with Crippen LogP contribution in [0.2, 0.25) is 0 Å². The van der Waals surface area contributed by atoms with Crippen LogP contribution in [-0.4, -0.2) is 4.57 Å². The monoisotopic (exact) mass is 225 g/mol. The van der Waals surface area contributed by atoms with Crippen molar-refractivity contribution in [3.63, 3.8) is 0 Å². The van der Waals surface area contributed by atoms with Crippen molar-refractivity contribution in [2.45, 2.75) is 19.3 Å². The highest BCUT2D eigenvalue weighted by Crippen LogP contribution is 2.29. The molecule has 86 valence electrons. The van der Waals surface area contributed by atoms with Crippen LogP contribution in [0.4, 0.5) is 0 Å². The molecule has 0 radical (unpaired) electrons. The van der Waals surface area contributed by atoms with Gasteiger partial charge < -0.3 is 4.57 Å². The molecule has 0 N–H and O–H groups in total. The van der Waals surface area contributed by atoms with Crippen LogP contribution in [0.3, 0.4) is 0 Å². The van der Waals surface area contributed by atoms with Crippen molar-refractivity contribution in [2.75, 3.05) is 0 Å². The minimum Gasteiger partial charge on any atom is -0.318 e. The Morgan fingerprint density at radius 1 is 1.06 bits per heavy atom. The molecule has 1 aliphatic rings. The van der Waals surface area contributed by atoms with Gasteiger partial charge in [0, 0.05) is 24.4 Å². The Morgan fingerprint density at radius 3 is 2.53 bits per heavy atom. The maximum Gasteiger partial charge on any atom is 0.253 e. The highest BCUT2D eigenvalue weighted by atomic mass is 16.1. The van der Waals surface area contributed by atoms with Gasteiger partial charge in [0.05, 0.1) is 0 Å². The van der Waals surface area contributed by atoms with Gasteiger partial charge in [0.1, 0.15) is 0 Å². The molecule has 0 spiro atoms. The first-order valence-corrected chi connectivity index (χ1v) is 6.04. The number of rotatable bonds is 1. The number of benzene rings is 1. The smallest absolute Gasteiger partial charge is 0.253 e. The van der Waals surface area contributed by atoms with Crippen molar-refractivity contribution in [1.82, 2.24) is 4.57 Å². The van der Waals surface area contributed by atoms with Gasteiger partial charge in [-0.1, -0.05) is 30.3 Å². The number of aryl methyl sites for hydroxylation is 1. The van der Waals surface area contributed by atoms with E-state index in [2.05, 4.69) is 12.1 Å². The number of aromatic nitrogens is 1. The Labute approximate surface area is 101 Å². The van der Waals surface area contributed by atoms with Gasteiger partial charge in [-0.25, -0.2) is 0 Å². The molecule has 3 rings (SSSR count). The summed E-state index contributed by atoms with van der Waals surface area (Å²) < 4.78 is 1.71. The average molecular weight is 225 g/mol. The van der Waals surface area contributed by atoms with Crippen LogP contribution < -0.4 is 5.56 Å². The lowest BCUT2D eigenvalue weighted by Gasteiger charge is -2.10. The number of nitrogens with zero attached hydrogens (tertiary/aromatic N) is 1. The third-order valence-electron chi connectivity index (χ3n) is 3.53. The van der Waals surface area contributed by atoms with Crippen molar-refractivity contribution in [3.05, 3.63) is 58.0 Å². The SMILES string of the molecule is Cn1cc(-c2ccccc2)c2c(c1=O)CCC2. The van der Waals surface area contributed by atoms with Crippen LogP contribution in [0.1, 0.15) is 17.5 Å². The second kappa shape index (κ2) is 3.88.